The third kappa shape index (κ3) is 7.29. The van der Waals surface area contributed by atoms with Gasteiger partial charge in [0.2, 0.25) is 12.4 Å². The quantitative estimate of drug-likeness (QED) is 0.149. The van der Waals surface area contributed by atoms with Gasteiger partial charge in [0, 0.05) is 0 Å². The lowest BCUT2D eigenvalue weighted by atomic mass is 9.92. The molecule has 3 rings (SSSR count). The summed E-state index contributed by atoms with van der Waals surface area (Å²) in [4.78, 5) is 27.9. The largest absolute Gasteiger partial charge is 0.510 e. The van der Waals surface area contributed by atoms with E-state index in [9.17, 15) is 29.6 Å². The summed E-state index contributed by atoms with van der Waals surface area (Å²) in [5, 5.41) is 38.1. The Balaban J connectivity index is 1.79. The number of ether oxygens (including phenoxy) is 4. The maximum absolute atomic E-state index is 13.5. The molecule has 0 radical (unpaired) electrons. The Morgan fingerprint density at radius 2 is 1.90 bits per heavy atom. The number of nitriles is 1. The van der Waals surface area contributed by atoms with Crippen LogP contribution in [0.5, 0.6) is 0 Å². The number of fused-ring (bicyclic) bond motifs is 1. The molecule has 226 valence electrons. The van der Waals surface area contributed by atoms with E-state index < -0.39 is 75.4 Å². The monoisotopic (exact) mass is 600 g/mol. The number of aromatic nitrogens is 3. The Hall–Kier alpha value is -3.36. The van der Waals surface area contributed by atoms with E-state index in [0.717, 1.165) is 6.33 Å². The van der Waals surface area contributed by atoms with E-state index in [-0.39, 0.29) is 11.5 Å². The molecule has 1 fully saturated rings. The first-order valence-corrected chi connectivity index (χ1v) is 14.0. The van der Waals surface area contributed by atoms with Gasteiger partial charge >= 0.3 is 19.9 Å². The van der Waals surface area contributed by atoms with Crippen molar-refractivity contribution in [1.82, 2.24) is 19.7 Å². The van der Waals surface area contributed by atoms with Gasteiger partial charge in [-0.3, -0.25) is 13.8 Å². The molecule has 2 aromatic heterocycles. The molecule has 0 aromatic carbocycles. The minimum Gasteiger partial charge on any atom is -0.462 e. The van der Waals surface area contributed by atoms with E-state index >= 15 is 0 Å². The van der Waals surface area contributed by atoms with E-state index in [1.54, 1.807) is 27.7 Å². The Morgan fingerprint density at radius 1 is 1.22 bits per heavy atom. The SMILES string of the molecule is CC(C)OC(=O)OCO[P@](=O)(N[C@@H](C)C(=O)OC(C)C)OC[C@H]1O[C@@](C#N)(c2ccc3c(N)ncnn23)[C@H](O)[C@@H]1O. The number of nitrogen functional groups attached to an aromatic ring is 1. The number of rotatable bonds is 12. The highest BCUT2D eigenvalue weighted by Crippen LogP contribution is 2.47. The van der Waals surface area contributed by atoms with Crippen molar-refractivity contribution in [2.75, 3.05) is 19.1 Å². The minimum atomic E-state index is -4.50. The normalized spacial score (nSPS) is 24.6. The fourth-order valence-electron chi connectivity index (χ4n) is 3.83. The Morgan fingerprint density at radius 3 is 2.54 bits per heavy atom. The lowest BCUT2D eigenvalue weighted by Crippen LogP contribution is -2.41. The molecular weight excluding hydrogens is 567 g/mol. The van der Waals surface area contributed by atoms with E-state index in [4.69, 9.17) is 33.7 Å². The van der Waals surface area contributed by atoms with Gasteiger partial charge in [0.25, 0.3) is 0 Å². The summed E-state index contributed by atoms with van der Waals surface area (Å²) >= 11 is 0. The fourth-order valence-corrected chi connectivity index (χ4v) is 5.17. The van der Waals surface area contributed by atoms with Crippen LogP contribution in [0.3, 0.4) is 0 Å². The van der Waals surface area contributed by atoms with Crippen LogP contribution < -0.4 is 10.8 Å². The summed E-state index contributed by atoms with van der Waals surface area (Å²) < 4.78 is 45.7. The molecule has 0 amide bonds. The Labute approximate surface area is 235 Å². The van der Waals surface area contributed by atoms with Crippen LogP contribution in [0.15, 0.2) is 18.5 Å². The van der Waals surface area contributed by atoms with E-state index in [1.807, 2.05) is 6.07 Å². The summed E-state index contributed by atoms with van der Waals surface area (Å²) in [6.45, 7) is 6.11. The molecule has 5 N–H and O–H groups in total. The van der Waals surface area contributed by atoms with Crippen LogP contribution in [0.1, 0.15) is 40.3 Å². The predicted molar refractivity (Wildman–Crippen MR) is 138 cm³/mol. The molecule has 6 atom stereocenters. The van der Waals surface area contributed by atoms with E-state index in [1.165, 1.54) is 23.6 Å². The van der Waals surface area contributed by atoms with Gasteiger partial charge in [0.15, 0.2) is 5.82 Å². The van der Waals surface area contributed by atoms with Crippen LogP contribution in [0.2, 0.25) is 0 Å². The lowest BCUT2D eigenvalue weighted by molar-refractivity contribution is -0.149. The molecule has 0 bridgehead atoms. The highest BCUT2D eigenvalue weighted by molar-refractivity contribution is 7.51. The first kappa shape index (κ1) is 32.2. The summed E-state index contributed by atoms with van der Waals surface area (Å²) in [5.74, 6) is -0.689. The molecule has 3 heterocycles. The molecule has 0 spiro atoms. The number of hydrogen-bond donors (Lipinski definition) is 4. The molecular formula is C23H33N6O11P. The molecule has 0 unspecified atom stereocenters. The van der Waals surface area contributed by atoms with Gasteiger partial charge in [0.1, 0.15) is 42.3 Å². The van der Waals surface area contributed by atoms with Crippen molar-refractivity contribution in [3.05, 3.63) is 24.2 Å². The van der Waals surface area contributed by atoms with Crippen LogP contribution in [0.4, 0.5) is 10.6 Å². The van der Waals surface area contributed by atoms with Crippen LogP contribution in [0.25, 0.3) is 5.52 Å². The number of carbonyl (C=O) groups is 2. The molecule has 1 saturated heterocycles. The Bertz CT molecular complexity index is 1330. The molecule has 2 aromatic rings. The number of aliphatic hydroxyl groups excluding tert-OH is 2. The van der Waals surface area contributed by atoms with E-state index in [0.29, 0.717) is 5.52 Å². The van der Waals surface area contributed by atoms with Gasteiger partial charge < -0.3 is 34.9 Å². The van der Waals surface area contributed by atoms with Crippen molar-refractivity contribution in [2.45, 2.75) is 76.8 Å². The van der Waals surface area contributed by atoms with Crippen molar-refractivity contribution < 1.29 is 52.4 Å². The van der Waals surface area contributed by atoms with Crippen molar-refractivity contribution in [3.8, 4) is 6.07 Å². The predicted octanol–water partition coefficient (Wildman–Crippen LogP) is 0.741. The molecule has 17 nitrogen and oxygen atoms in total. The molecule has 1 aliphatic rings. The minimum absolute atomic E-state index is 0.0397. The van der Waals surface area contributed by atoms with Crippen LogP contribution in [-0.4, -0.2) is 86.9 Å². The second kappa shape index (κ2) is 13.1. The second-order valence-electron chi connectivity index (χ2n) is 9.54. The zero-order chi connectivity index (χ0) is 30.5. The maximum atomic E-state index is 13.5. The molecule has 1 aliphatic heterocycles. The third-order valence-corrected chi connectivity index (χ3v) is 7.32. The van der Waals surface area contributed by atoms with Gasteiger partial charge in [-0.25, -0.2) is 23.9 Å². The standard InChI is InChI=1S/C23H33N6O11P/c1-12(2)38-21(32)14(5)28-41(34,37-11-35-22(33)39-13(3)4)36-8-16-18(30)19(31)23(9-24,40-16)17-7-6-15-20(25)26-10-27-29(15)17/h6-7,10,12-14,16,18-19,30-31H,8,11H2,1-5H3,(H,28,34)(H2,25,26,27)/t14-,16+,18+,19+,23-,41-/m0/s1. The van der Waals surface area contributed by atoms with Gasteiger partial charge in [-0.05, 0) is 46.8 Å². The van der Waals surface area contributed by atoms with Gasteiger partial charge in [-0.15, -0.1) is 0 Å². The number of anilines is 1. The molecule has 0 aliphatic carbocycles. The number of nitrogens with one attached hydrogen (secondary N) is 1. The summed E-state index contributed by atoms with van der Waals surface area (Å²) in [5.41, 5.74) is 4.08. The van der Waals surface area contributed by atoms with Crippen molar-refractivity contribution in [2.24, 2.45) is 0 Å². The van der Waals surface area contributed by atoms with E-state index in [2.05, 4.69) is 15.2 Å². The number of nitrogens with zero attached hydrogens (tertiary/aromatic N) is 4. The topological polar surface area (TPSA) is 239 Å². The van der Waals surface area contributed by atoms with Crippen molar-refractivity contribution in [1.29, 1.82) is 5.26 Å². The Kier molecular flexibility index (Phi) is 10.3. The van der Waals surface area contributed by atoms with Crippen molar-refractivity contribution in [3.63, 3.8) is 0 Å². The highest BCUT2D eigenvalue weighted by Gasteiger charge is 2.58. The lowest BCUT2D eigenvalue weighted by Gasteiger charge is -2.25. The summed E-state index contributed by atoms with van der Waals surface area (Å²) in [6, 6.07) is 3.58. The smallest absolute Gasteiger partial charge is 0.462 e. The zero-order valence-corrected chi connectivity index (χ0v) is 23.9. The first-order chi connectivity index (χ1) is 19.2. The van der Waals surface area contributed by atoms with Gasteiger partial charge in [0.05, 0.1) is 24.5 Å². The van der Waals surface area contributed by atoms with Gasteiger partial charge in [-0.1, -0.05) is 0 Å². The second-order valence-corrected chi connectivity index (χ2v) is 11.3. The number of carbonyl (C=O) groups excluding carboxylic acids is 2. The summed E-state index contributed by atoms with van der Waals surface area (Å²) in [6.07, 6.45) is -5.90. The van der Waals surface area contributed by atoms with Gasteiger partial charge in [-0.2, -0.15) is 10.4 Å². The number of nitrogens with two attached hydrogens (primary N) is 1. The third-order valence-electron chi connectivity index (χ3n) is 5.68. The average molecular weight is 601 g/mol. The molecule has 41 heavy (non-hydrogen) atoms. The number of aliphatic hydroxyl groups is 2. The number of esters is 1. The number of hydrogen-bond acceptors (Lipinski definition) is 15. The van der Waals surface area contributed by atoms with Crippen molar-refractivity contribution >= 4 is 31.2 Å². The zero-order valence-electron chi connectivity index (χ0n) is 23.0. The fraction of sp³-hybridized carbons (Fsp3) is 0.609. The highest BCUT2D eigenvalue weighted by atomic mass is 31.2. The average Bonchev–Trinajstić information content (AvgIpc) is 3.43. The first-order valence-electron chi connectivity index (χ1n) is 12.5. The maximum Gasteiger partial charge on any atom is 0.510 e. The molecule has 18 heteroatoms. The molecule has 0 saturated carbocycles. The van der Waals surface area contributed by atoms with Crippen LogP contribution >= 0.6 is 7.75 Å². The summed E-state index contributed by atoms with van der Waals surface area (Å²) in [7, 11) is -4.50. The van der Waals surface area contributed by atoms with Crippen LogP contribution in [-0.2, 0) is 43.0 Å². The van der Waals surface area contributed by atoms with Crippen LogP contribution in [0, 0.1) is 11.3 Å².